The molecule has 0 radical (unpaired) electrons. The monoisotopic (exact) mass is 440 g/mol. The van der Waals surface area contributed by atoms with Crippen LogP contribution in [0.3, 0.4) is 0 Å². The number of benzene rings is 2. The fraction of sp³-hybridized carbons (Fsp3) is 0.333. The van der Waals surface area contributed by atoms with Crippen LogP contribution in [-0.2, 0) is 9.53 Å². The molecule has 1 aliphatic heterocycles. The van der Waals surface area contributed by atoms with Gasteiger partial charge >= 0.3 is 0 Å². The fourth-order valence-corrected chi connectivity index (χ4v) is 4.00. The van der Waals surface area contributed by atoms with Crippen LogP contribution in [0.1, 0.15) is 26.3 Å². The zero-order valence-electron chi connectivity index (χ0n) is 18.3. The third kappa shape index (κ3) is 6.12. The van der Waals surface area contributed by atoms with Crippen molar-refractivity contribution in [3.8, 4) is 11.5 Å². The van der Waals surface area contributed by atoms with E-state index in [1.54, 1.807) is 12.0 Å². The summed E-state index contributed by atoms with van der Waals surface area (Å²) in [7, 11) is 1.61. The van der Waals surface area contributed by atoms with E-state index in [4.69, 9.17) is 14.2 Å². The molecule has 1 fully saturated rings. The molecule has 0 unspecified atom stereocenters. The Morgan fingerprint density at radius 1 is 1.13 bits per heavy atom. The molecule has 3 rings (SSSR count). The molecule has 164 valence electrons. The van der Waals surface area contributed by atoms with Crippen LogP contribution in [0.4, 0.5) is 5.69 Å². The maximum absolute atomic E-state index is 13.1. The van der Waals surface area contributed by atoms with Crippen molar-refractivity contribution < 1.29 is 19.0 Å². The van der Waals surface area contributed by atoms with E-state index in [1.807, 2.05) is 75.4 Å². The molecule has 1 amide bonds. The van der Waals surface area contributed by atoms with E-state index < -0.39 is 0 Å². The minimum Gasteiger partial charge on any atom is -0.493 e. The number of amides is 1. The van der Waals surface area contributed by atoms with Gasteiger partial charge in [-0.1, -0.05) is 24.3 Å². The van der Waals surface area contributed by atoms with Crippen LogP contribution in [-0.4, -0.2) is 48.9 Å². The van der Waals surface area contributed by atoms with Gasteiger partial charge in [-0.2, -0.15) is 0 Å². The first-order chi connectivity index (χ1) is 15.0. The Balaban J connectivity index is 1.89. The summed E-state index contributed by atoms with van der Waals surface area (Å²) < 4.78 is 16.7. The summed E-state index contributed by atoms with van der Waals surface area (Å²) in [6.45, 7) is 7.38. The van der Waals surface area contributed by atoms with Crippen LogP contribution >= 0.6 is 11.8 Å². The molecule has 0 bridgehead atoms. The minimum atomic E-state index is -0.0825. The van der Waals surface area contributed by atoms with Gasteiger partial charge in [0, 0.05) is 6.61 Å². The van der Waals surface area contributed by atoms with Crippen LogP contribution < -0.4 is 9.47 Å². The molecule has 2 aromatic rings. The SMILES string of the molecule is CCOCCN1C(=O)/C(=C/c2ccc(OC(C)C)c(OC)c2)SC1=Nc1ccccc1. The third-order valence-corrected chi connectivity index (χ3v) is 5.39. The molecule has 0 spiro atoms. The van der Waals surface area contributed by atoms with Crippen LogP contribution in [0.2, 0.25) is 0 Å². The third-order valence-electron chi connectivity index (χ3n) is 4.38. The van der Waals surface area contributed by atoms with Gasteiger partial charge < -0.3 is 14.2 Å². The van der Waals surface area contributed by atoms with Crippen LogP contribution in [0.5, 0.6) is 11.5 Å². The molecule has 0 saturated carbocycles. The molecule has 0 atom stereocenters. The molecule has 1 saturated heterocycles. The highest BCUT2D eigenvalue weighted by Gasteiger charge is 2.33. The van der Waals surface area contributed by atoms with Crippen molar-refractivity contribution >= 4 is 34.6 Å². The quantitative estimate of drug-likeness (QED) is 0.400. The average Bonchev–Trinajstić information content (AvgIpc) is 3.04. The summed E-state index contributed by atoms with van der Waals surface area (Å²) in [4.78, 5) is 20.1. The van der Waals surface area contributed by atoms with Gasteiger partial charge in [0.15, 0.2) is 16.7 Å². The predicted octanol–water partition coefficient (Wildman–Crippen LogP) is 5.12. The van der Waals surface area contributed by atoms with E-state index in [0.29, 0.717) is 41.3 Å². The number of hydrogen-bond acceptors (Lipinski definition) is 6. The van der Waals surface area contributed by atoms with E-state index in [0.717, 1.165) is 11.3 Å². The lowest BCUT2D eigenvalue weighted by atomic mass is 10.2. The van der Waals surface area contributed by atoms with Crippen molar-refractivity contribution in [2.75, 3.05) is 26.9 Å². The average molecular weight is 441 g/mol. The second-order valence-corrected chi connectivity index (χ2v) is 8.08. The highest BCUT2D eigenvalue weighted by molar-refractivity contribution is 8.18. The highest BCUT2D eigenvalue weighted by atomic mass is 32.2. The lowest BCUT2D eigenvalue weighted by molar-refractivity contribution is -0.122. The van der Waals surface area contributed by atoms with Crippen molar-refractivity contribution in [2.24, 2.45) is 4.99 Å². The Morgan fingerprint density at radius 2 is 1.90 bits per heavy atom. The molecule has 6 nitrogen and oxygen atoms in total. The lowest BCUT2D eigenvalue weighted by Gasteiger charge is -2.15. The van der Waals surface area contributed by atoms with Gasteiger partial charge in [-0.25, -0.2) is 4.99 Å². The van der Waals surface area contributed by atoms with Gasteiger partial charge in [-0.3, -0.25) is 9.69 Å². The predicted molar refractivity (Wildman–Crippen MR) is 126 cm³/mol. The minimum absolute atomic E-state index is 0.0423. The number of aliphatic imine (C=N–C) groups is 1. The molecule has 1 heterocycles. The van der Waals surface area contributed by atoms with Gasteiger partial charge in [-0.05, 0) is 68.4 Å². The van der Waals surface area contributed by atoms with E-state index in [9.17, 15) is 4.79 Å². The van der Waals surface area contributed by atoms with Gasteiger partial charge in [0.25, 0.3) is 5.91 Å². The second kappa shape index (κ2) is 11.0. The number of hydrogen-bond donors (Lipinski definition) is 0. The van der Waals surface area contributed by atoms with Gasteiger partial charge in [0.1, 0.15) is 0 Å². The van der Waals surface area contributed by atoms with Gasteiger partial charge in [-0.15, -0.1) is 0 Å². The summed E-state index contributed by atoms with van der Waals surface area (Å²) in [5, 5.41) is 0.647. The molecule has 2 aromatic carbocycles. The van der Waals surface area contributed by atoms with Crippen molar-refractivity contribution in [3.63, 3.8) is 0 Å². The number of carbonyl (C=O) groups excluding carboxylic acids is 1. The number of ether oxygens (including phenoxy) is 3. The molecule has 0 aliphatic carbocycles. The molecule has 1 aliphatic rings. The van der Waals surface area contributed by atoms with E-state index in [2.05, 4.69) is 4.99 Å². The topological polar surface area (TPSA) is 60.4 Å². The maximum Gasteiger partial charge on any atom is 0.266 e. The molecular formula is C24H28N2O4S. The number of methoxy groups -OCH3 is 1. The normalized spacial score (nSPS) is 16.5. The largest absolute Gasteiger partial charge is 0.493 e. The summed E-state index contributed by atoms with van der Waals surface area (Å²) >= 11 is 1.36. The zero-order chi connectivity index (χ0) is 22.2. The lowest BCUT2D eigenvalue weighted by Crippen LogP contribution is -2.32. The summed E-state index contributed by atoms with van der Waals surface area (Å²) in [5.74, 6) is 1.22. The Morgan fingerprint density at radius 3 is 2.58 bits per heavy atom. The van der Waals surface area contributed by atoms with Crippen LogP contribution in [0.25, 0.3) is 6.08 Å². The van der Waals surface area contributed by atoms with Crippen LogP contribution in [0.15, 0.2) is 58.4 Å². The molecular weight excluding hydrogens is 412 g/mol. The number of para-hydroxylation sites is 1. The van der Waals surface area contributed by atoms with Gasteiger partial charge in [0.05, 0.1) is 37.0 Å². The summed E-state index contributed by atoms with van der Waals surface area (Å²) in [5.41, 5.74) is 1.66. The van der Waals surface area contributed by atoms with E-state index in [1.165, 1.54) is 11.8 Å². The van der Waals surface area contributed by atoms with Crippen molar-refractivity contribution in [2.45, 2.75) is 26.9 Å². The second-order valence-electron chi connectivity index (χ2n) is 7.07. The highest BCUT2D eigenvalue weighted by Crippen LogP contribution is 2.36. The van der Waals surface area contributed by atoms with Crippen molar-refractivity contribution in [1.82, 2.24) is 4.90 Å². The first-order valence-corrected chi connectivity index (χ1v) is 11.1. The van der Waals surface area contributed by atoms with Crippen LogP contribution in [0, 0.1) is 0 Å². The number of amidine groups is 1. The summed E-state index contributed by atoms with van der Waals surface area (Å²) in [6.07, 6.45) is 1.90. The fourth-order valence-electron chi connectivity index (χ4n) is 2.98. The number of thioether (sulfide) groups is 1. The number of rotatable bonds is 9. The molecule has 31 heavy (non-hydrogen) atoms. The number of nitrogens with zero attached hydrogens (tertiary/aromatic N) is 2. The Bertz CT molecular complexity index is 957. The van der Waals surface area contributed by atoms with E-state index >= 15 is 0 Å². The Labute approximate surface area is 187 Å². The standard InChI is InChI=1S/C24H28N2O4S/c1-5-29-14-13-26-23(27)22(31-24(26)25-19-9-7-6-8-10-19)16-18-11-12-20(30-17(2)3)21(15-18)28-4/h6-12,15-17H,5,13-14H2,1-4H3/b22-16-,25-24?. The smallest absolute Gasteiger partial charge is 0.266 e. The molecule has 7 heteroatoms. The Hall–Kier alpha value is -2.77. The van der Waals surface area contributed by atoms with Crippen molar-refractivity contribution in [1.29, 1.82) is 0 Å². The van der Waals surface area contributed by atoms with E-state index in [-0.39, 0.29) is 12.0 Å². The zero-order valence-corrected chi connectivity index (χ0v) is 19.1. The number of carbonyl (C=O) groups is 1. The summed E-state index contributed by atoms with van der Waals surface area (Å²) in [6, 6.07) is 15.3. The van der Waals surface area contributed by atoms with Gasteiger partial charge in [0.2, 0.25) is 0 Å². The first-order valence-electron chi connectivity index (χ1n) is 10.3. The molecule has 0 N–H and O–H groups in total. The molecule has 0 aromatic heterocycles. The van der Waals surface area contributed by atoms with Crippen molar-refractivity contribution in [3.05, 3.63) is 59.0 Å². The first kappa shape index (κ1) is 22.9. The maximum atomic E-state index is 13.1. The Kier molecular flexibility index (Phi) is 8.14.